The third-order valence-corrected chi connectivity index (χ3v) is 1.57. The van der Waals surface area contributed by atoms with Crippen LogP contribution < -0.4 is 5.73 Å². The Morgan fingerprint density at radius 1 is 1.67 bits per heavy atom. The molecule has 64 valence electrons. The van der Waals surface area contributed by atoms with Gasteiger partial charge in [0.1, 0.15) is 5.82 Å². The van der Waals surface area contributed by atoms with Crippen LogP contribution in [0.25, 0.3) is 0 Å². The number of hydrogen-bond donors (Lipinski definition) is 1. The number of hydrogen-bond acceptors (Lipinski definition) is 2. The molecule has 3 heteroatoms. The van der Waals surface area contributed by atoms with Crippen LogP contribution in [-0.4, -0.2) is 4.98 Å². The molecule has 0 bridgehead atoms. The normalized spacial score (nSPS) is 12.5. The van der Waals surface area contributed by atoms with E-state index in [9.17, 15) is 4.39 Å². The minimum atomic E-state index is -0.355. The van der Waals surface area contributed by atoms with E-state index in [-0.39, 0.29) is 11.9 Å². The fourth-order valence-electron chi connectivity index (χ4n) is 0.947. The van der Waals surface area contributed by atoms with Gasteiger partial charge in [-0.2, -0.15) is 0 Å². The van der Waals surface area contributed by atoms with Gasteiger partial charge in [0.05, 0.1) is 6.20 Å². The van der Waals surface area contributed by atoms with E-state index in [0.717, 1.165) is 6.20 Å². The summed E-state index contributed by atoms with van der Waals surface area (Å²) >= 11 is 0. The fourth-order valence-corrected chi connectivity index (χ4v) is 0.947. The smallest absolute Gasteiger partial charge is 0.141 e. The van der Waals surface area contributed by atoms with Gasteiger partial charge >= 0.3 is 0 Å². The Hall–Kier alpha value is -1.22. The first-order chi connectivity index (χ1) is 5.74. The van der Waals surface area contributed by atoms with Gasteiger partial charge in [-0.1, -0.05) is 6.08 Å². The molecule has 0 fully saturated rings. The largest absolute Gasteiger partial charge is 0.324 e. The topological polar surface area (TPSA) is 38.9 Å². The highest BCUT2D eigenvalue weighted by molar-refractivity contribution is 5.15. The van der Waals surface area contributed by atoms with Gasteiger partial charge in [0.2, 0.25) is 0 Å². The number of pyridine rings is 1. The molecule has 0 aromatic carbocycles. The molecule has 0 spiro atoms. The molecule has 12 heavy (non-hydrogen) atoms. The van der Waals surface area contributed by atoms with Crippen molar-refractivity contribution < 1.29 is 4.39 Å². The second kappa shape index (κ2) is 3.97. The van der Waals surface area contributed by atoms with Crippen LogP contribution in [0.2, 0.25) is 0 Å². The molecule has 0 amide bonds. The molecule has 1 rings (SSSR count). The summed E-state index contributed by atoms with van der Waals surface area (Å²) in [6.45, 7) is 3.55. The standard InChI is InChI=1S/C9H11FN2/c1-2-3-9(11)7-4-8(10)6-12-5-7/h2,4-6,9H,1,3,11H2/t9-/m1/s1. The molecule has 0 saturated heterocycles. The summed E-state index contributed by atoms with van der Waals surface area (Å²) in [6, 6.07) is 1.19. The summed E-state index contributed by atoms with van der Waals surface area (Å²) < 4.78 is 12.6. The van der Waals surface area contributed by atoms with Gasteiger partial charge in [0.15, 0.2) is 0 Å². The van der Waals surface area contributed by atoms with E-state index >= 15 is 0 Å². The summed E-state index contributed by atoms with van der Waals surface area (Å²) in [4.78, 5) is 3.70. The molecule has 0 aliphatic heterocycles. The van der Waals surface area contributed by atoms with Crippen molar-refractivity contribution in [2.75, 3.05) is 0 Å². The average molecular weight is 166 g/mol. The maximum atomic E-state index is 12.6. The van der Waals surface area contributed by atoms with Gasteiger partial charge in [-0.15, -0.1) is 6.58 Å². The van der Waals surface area contributed by atoms with Crippen LogP contribution in [0.4, 0.5) is 4.39 Å². The van der Waals surface area contributed by atoms with Crippen molar-refractivity contribution in [3.8, 4) is 0 Å². The number of nitrogens with two attached hydrogens (primary N) is 1. The van der Waals surface area contributed by atoms with Crippen LogP contribution in [0.5, 0.6) is 0 Å². The van der Waals surface area contributed by atoms with Crippen molar-refractivity contribution in [3.63, 3.8) is 0 Å². The van der Waals surface area contributed by atoms with Crippen LogP contribution in [-0.2, 0) is 0 Å². The van der Waals surface area contributed by atoms with Crippen LogP contribution in [0.15, 0.2) is 31.1 Å². The second-order valence-corrected chi connectivity index (χ2v) is 2.57. The Morgan fingerprint density at radius 3 is 3.00 bits per heavy atom. The minimum Gasteiger partial charge on any atom is -0.324 e. The first-order valence-corrected chi connectivity index (χ1v) is 3.71. The van der Waals surface area contributed by atoms with E-state index in [2.05, 4.69) is 11.6 Å². The lowest BCUT2D eigenvalue weighted by Crippen LogP contribution is -2.09. The molecule has 0 aliphatic carbocycles. The van der Waals surface area contributed by atoms with Crippen LogP contribution in [0, 0.1) is 5.82 Å². The summed E-state index contributed by atoms with van der Waals surface area (Å²) in [5.41, 5.74) is 6.40. The third-order valence-electron chi connectivity index (χ3n) is 1.57. The predicted molar refractivity (Wildman–Crippen MR) is 45.9 cm³/mol. The fraction of sp³-hybridized carbons (Fsp3) is 0.222. The van der Waals surface area contributed by atoms with Gasteiger partial charge in [-0.25, -0.2) is 4.39 Å². The maximum Gasteiger partial charge on any atom is 0.141 e. The molecule has 1 heterocycles. The van der Waals surface area contributed by atoms with Gasteiger partial charge in [0, 0.05) is 12.2 Å². The molecular formula is C9H11FN2. The molecule has 0 unspecified atom stereocenters. The zero-order valence-corrected chi connectivity index (χ0v) is 6.70. The van der Waals surface area contributed by atoms with Gasteiger partial charge < -0.3 is 5.73 Å². The second-order valence-electron chi connectivity index (χ2n) is 2.57. The summed E-state index contributed by atoms with van der Waals surface area (Å²) in [5.74, 6) is -0.355. The molecular weight excluding hydrogens is 155 g/mol. The first kappa shape index (κ1) is 8.87. The third kappa shape index (κ3) is 2.13. The molecule has 1 atom stereocenters. The summed E-state index contributed by atoms with van der Waals surface area (Å²) in [6.07, 6.45) is 5.06. The van der Waals surface area contributed by atoms with Crippen molar-refractivity contribution in [2.24, 2.45) is 5.73 Å². The number of halogens is 1. The van der Waals surface area contributed by atoms with Crippen molar-refractivity contribution in [2.45, 2.75) is 12.5 Å². The monoisotopic (exact) mass is 166 g/mol. The van der Waals surface area contributed by atoms with E-state index in [4.69, 9.17) is 5.73 Å². The highest BCUT2D eigenvalue weighted by atomic mass is 19.1. The van der Waals surface area contributed by atoms with Crippen molar-refractivity contribution in [3.05, 3.63) is 42.5 Å². The van der Waals surface area contributed by atoms with Crippen molar-refractivity contribution in [1.29, 1.82) is 0 Å². The lowest BCUT2D eigenvalue weighted by atomic mass is 10.1. The van der Waals surface area contributed by atoms with Gasteiger partial charge in [-0.3, -0.25) is 4.98 Å². The van der Waals surface area contributed by atoms with E-state index in [1.54, 1.807) is 12.3 Å². The molecule has 2 nitrogen and oxygen atoms in total. The Labute approximate surface area is 70.9 Å². The highest BCUT2D eigenvalue weighted by Gasteiger charge is 2.04. The molecule has 0 radical (unpaired) electrons. The van der Waals surface area contributed by atoms with E-state index < -0.39 is 0 Å². The molecule has 2 N–H and O–H groups in total. The summed E-state index contributed by atoms with van der Waals surface area (Å²) in [5, 5.41) is 0. The quantitative estimate of drug-likeness (QED) is 0.695. The van der Waals surface area contributed by atoms with Crippen molar-refractivity contribution in [1.82, 2.24) is 4.98 Å². The van der Waals surface area contributed by atoms with E-state index in [0.29, 0.717) is 12.0 Å². The molecule has 1 aromatic rings. The Balaban J connectivity index is 2.80. The highest BCUT2D eigenvalue weighted by Crippen LogP contribution is 2.13. The van der Waals surface area contributed by atoms with Crippen LogP contribution in [0.1, 0.15) is 18.0 Å². The average Bonchev–Trinajstić information content (AvgIpc) is 2.05. The summed E-state index contributed by atoms with van der Waals surface area (Å²) in [7, 11) is 0. The number of nitrogens with zero attached hydrogens (tertiary/aromatic N) is 1. The lowest BCUT2D eigenvalue weighted by Gasteiger charge is -2.07. The molecule has 1 aromatic heterocycles. The number of rotatable bonds is 3. The van der Waals surface area contributed by atoms with E-state index in [1.807, 2.05) is 0 Å². The minimum absolute atomic E-state index is 0.203. The van der Waals surface area contributed by atoms with E-state index in [1.165, 1.54) is 6.07 Å². The maximum absolute atomic E-state index is 12.6. The Kier molecular flexibility index (Phi) is 2.94. The SMILES string of the molecule is C=CC[C@@H](N)c1cncc(F)c1. The van der Waals surface area contributed by atoms with Crippen LogP contribution in [0.3, 0.4) is 0 Å². The zero-order valence-electron chi connectivity index (χ0n) is 6.70. The first-order valence-electron chi connectivity index (χ1n) is 3.71. The number of aromatic nitrogens is 1. The lowest BCUT2D eigenvalue weighted by molar-refractivity contribution is 0.612. The Bertz CT molecular complexity index is 273. The predicted octanol–water partition coefficient (Wildman–Crippen LogP) is 1.80. The van der Waals surface area contributed by atoms with Gasteiger partial charge in [-0.05, 0) is 18.1 Å². The zero-order chi connectivity index (χ0) is 8.97. The molecule has 0 aliphatic rings. The Morgan fingerprint density at radius 2 is 2.42 bits per heavy atom. The van der Waals surface area contributed by atoms with Gasteiger partial charge in [0.25, 0.3) is 0 Å². The van der Waals surface area contributed by atoms with Crippen molar-refractivity contribution >= 4 is 0 Å². The molecule has 0 saturated carbocycles. The van der Waals surface area contributed by atoms with Crippen LogP contribution >= 0.6 is 0 Å².